The number of aromatic nitrogens is 1. The highest BCUT2D eigenvalue weighted by molar-refractivity contribution is 5.91. The maximum absolute atomic E-state index is 10.7. The topological polar surface area (TPSA) is 70.4 Å². The minimum atomic E-state index is -1.15. The van der Waals surface area contributed by atoms with Gasteiger partial charge in [-0.3, -0.25) is 4.98 Å². The number of pyridine rings is 1. The van der Waals surface area contributed by atoms with Crippen LogP contribution in [-0.2, 0) is 0 Å². The monoisotopic (exact) mass is 215 g/mol. The van der Waals surface area contributed by atoms with E-state index in [1.165, 1.54) is 12.1 Å². The van der Waals surface area contributed by atoms with E-state index in [4.69, 9.17) is 5.11 Å². The van der Waals surface area contributed by atoms with Crippen molar-refractivity contribution in [2.24, 2.45) is 0 Å². The number of hydrogen-bond donors (Lipinski definition) is 2. The first-order valence-corrected chi connectivity index (χ1v) is 4.66. The lowest BCUT2D eigenvalue weighted by Gasteiger charge is -2.03. The molecule has 0 saturated heterocycles. The molecule has 0 aliphatic rings. The van der Waals surface area contributed by atoms with Crippen LogP contribution < -0.4 is 0 Å². The summed E-state index contributed by atoms with van der Waals surface area (Å²) in [7, 11) is 0. The van der Waals surface area contributed by atoms with Crippen LogP contribution in [0.4, 0.5) is 0 Å². The van der Waals surface area contributed by atoms with Crippen LogP contribution in [0.3, 0.4) is 0 Å². The maximum Gasteiger partial charge on any atom is 0.339 e. The number of benzene rings is 1. The van der Waals surface area contributed by atoms with E-state index in [1.54, 1.807) is 24.4 Å². The van der Waals surface area contributed by atoms with Crippen molar-refractivity contribution in [3.05, 3.63) is 48.2 Å². The lowest BCUT2D eigenvalue weighted by Crippen LogP contribution is -1.96. The molecule has 0 unspecified atom stereocenters. The second-order valence-electron chi connectivity index (χ2n) is 3.25. The molecule has 2 rings (SSSR count). The molecule has 0 aliphatic heterocycles. The summed E-state index contributed by atoms with van der Waals surface area (Å²) in [5, 5.41) is 18.3. The largest absolute Gasteiger partial charge is 0.507 e. The first kappa shape index (κ1) is 10.2. The summed E-state index contributed by atoms with van der Waals surface area (Å²) in [6.07, 6.45) is 1.64. The van der Waals surface area contributed by atoms with E-state index >= 15 is 0 Å². The van der Waals surface area contributed by atoms with Crippen molar-refractivity contribution < 1.29 is 15.0 Å². The van der Waals surface area contributed by atoms with Crippen LogP contribution in [0.15, 0.2) is 42.6 Å². The van der Waals surface area contributed by atoms with Crippen LogP contribution in [0.5, 0.6) is 5.75 Å². The quantitative estimate of drug-likeness (QED) is 0.805. The minimum absolute atomic E-state index is 0.111. The zero-order valence-corrected chi connectivity index (χ0v) is 8.29. The Kier molecular flexibility index (Phi) is 2.55. The van der Waals surface area contributed by atoms with Crippen LogP contribution in [0, 0.1) is 0 Å². The van der Waals surface area contributed by atoms with Crippen molar-refractivity contribution in [3.63, 3.8) is 0 Å². The van der Waals surface area contributed by atoms with Crippen molar-refractivity contribution in [1.82, 2.24) is 4.98 Å². The average Bonchev–Trinajstić information content (AvgIpc) is 2.29. The summed E-state index contributed by atoms with van der Waals surface area (Å²) in [6.45, 7) is 0. The predicted molar refractivity (Wildman–Crippen MR) is 58.3 cm³/mol. The van der Waals surface area contributed by atoms with Crippen molar-refractivity contribution in [3.8, 4) is 17.0 Å². The second-order valence-corrected chi connectivity index (χ2v) is 3.25. The summed E-state index contributed by atoms with van der Waals surface area (Å²) in [6, 6.07) is 9.77. The number of nitrogens with zero attached hydrogens (tertiary/aromatic N) is 1. The Hall–Kier alpha value is -2.36. The number of carboxylic acid groups (broad SMARTS) is 1. The summed E-state index contributed by atoms with van der Waals surface area (Å²) in [5.41, 5.74) is 1.26. The number of aromatic hydroxyl groups is 1. The molecule has 4 nitrogen and oxygen atoms in total. The number of carboxylic acids is 1. The molecule has 1 heterocycles. The number of rotatable bonds is 2. The fourth-order valence-electron chi connectivity index (χ4n) is 1.41. The predicted octanol–water partition coefficient (Wildman–Crippen LogP) is 2.15. The molecular formula is C12H9NO3. The normalized spacial score (nSPS) is 10.0. The Morgan fingerprint density at radius 3 is 2.56 bits per heavy atom. The highest BCUT2D eigenvalue weighted by Gasteiger charge is 2.10. The van der Waals surface area contributed by atoms with Gasteiger partial charge >= 0.3 is 5.97 Å². The molecule has 0 spiro atoms. The van der Waals surface area contributed by atoms with E-state index in [0.29, 0.717) is 11.3 Å². The van der Waals surface area contributed by atoms with Crippen LogP contribution in [0.25, 0.3) is 11.3 Å². The van der Waals surface area contributed by atoms with E-state index in [-0.39, 0.29) is 11.3 Å². The van der Waals surface area contributed by atoms with Crippen molar-refractivity contribution in [2.45, 2.75) is 0 Å². The van der Waals surface area contributed by atoms with E-state index < -0.39 is 5.97 Å². The maximum atomic E-state index is 10.7. The van der Waals surface area contributed by atoms with E-state index in [1.807, 2.05) is 6.07 Å². The van der Waals surface area contributed by atoms with Gasteiger partial charge in [0.1, 0.15) is 11.3 Å². The molecule has 2 aromatic rings. The first-order valence-electron chi connectivity index (χ1n) is 4.66. The van der Waals surface area contributed by atoms with Crippen LogP contribution >= 0.6 is 0 Å². The Morgan fingerprint density at radius 2 is 2.00 bits per heavy atom. The Labute approximate surface area is 91.8 Å². The zero-order valence-electron chi connectivity index (χ0n) is 8.29. The van der Waals surface area contributed by atoms with E-state index in [0.717, 1.165) is 0 Å². The van der Waals surface area contributed by atoms with Gasteiger partial charge in [0.05, 0.1) is 5.69 Å². The molecule has 0 fully saturated rings. The summed E-state index contributed by atoms with van der Waals surface area (Å²) < 4.78 is 0. The molecule has 0 radical (unpaired) electrons. The molecule has 1 aromatic heterocycles. The summed E-state index contributed by atoms with van der Waals surface area (Å²) >= 11 is 0. The molecule has 4 heteroatoms. The third-order valence-corrected chi connectivity index (χ3v) is 2.19. The van der Waals surface area contributed by atoms with Crippen molar-refractivity contribution in [2.75, 3.05) is 0 Å². The van der Waals surface area contributed by atoms with Gasteiger partial charge in [-0.1, -0.05) is 12.1 Å². The SMILES string of the molecule is O=C(O)c1ccc(-c2ccccn2)cc1O. The molecule has 0 bridgehead atoms. The molecule has 0 amide bonds. The Bertz CT molecular complexity index is 523. The summed E-state index contributed by atoms with van der Waals surface area (Å²) in [4.78, 5) is 14.8. The van der Waals surface area contributed by atoms with E-state index in [9.17, 15) is 9.90 Å². The lowest BCUT2D eigenvalue weighted by atomic mass is 10.1. The standard InChI is InChI=1S/C12H9NO3/c14-11-7-8(4-5-9(11)12(15)16)10-3-1-2-6-13-10/h1-7,14H,(H,15,16). The lowest BCUT2D eigenvalue weighted by molar-refractivity contribution is 0.0694. The molecule has 0 aliphatic carbocycles. The molecule has 16 heavy (non-hydrogen) atoms. The van der Waals surface area contributed by atoms with Gasteiger partial charge in [-0.05, 0) is 24.3 Å². The van der Waals surface area contributed by atoms with Gasteiger partial charge in [-0.25, -0.2) is 4.79 Å². The molecular weight excluding hydrogens is 206 g/mol. The molecule has 0 saturated carbocycles. The number of phenols is 1. The van der Waals surface area contributed by atoms with Crippen LogP contribution in [0.2, 0.25) is 0 Å². The fraction of sp³-hybridized carbons (Fsp3) is 0. The van der Waals surface area contributed by atoms with Gasteiger partial charge < -0.3 is 10.2 Å². The van der Waals surface area contributed by atoms with E-state index in [2.05, 4.69) is 4.98 Å². The average molecular weight is 215 g/mol. The number of aromatic carboxylic acids is 1. The van der Waals surface area contributed by atoms with Crippen LogP contribution in [0.1, 0.15) is 10.4 Å². The third-order valence-electron chi connectivity index (χ3n) is 2.19. The molecule has 80 valence electrons. The fourth-order valence-corrected chi connectivity index (χ4v) is 1.41. The zero-order chi connectivity index (χ0) is 11.5. The van der Waals surface area contributed by atoms with Gasteiger partial charge in [0.15, 0.2) is 0 Å². The minimum Gasteiger partial charge on any atom is -0.507 e. The number of carbonyl (C=O) groups is 1. The Morgan fingerprint density at radius 1 is 1.19 bits per heavy atom. The molecule has 0 atom stereocenters. The first-order chi connectivity index (χ1) is 7.68. The second kappa shape index (κ2) is 4.02. The van der Waals surface area contributed by atoms with Crippen molar-refractivity contribution in [1.29, 1.82) is 0 Å². The highest BCUT2D eigenvalue weighted by atomic mass is 16.4. The number of hydrogen-bond acceptors (Lipinski definition) is 3. The summed E-state index contributed by atoms with van der Waals surface area (Å²) in [5.74, 6) is -1.40. The Balaban J connectivity index is 2.46. The van der Waals surface area contributed by atoms with Gasteiger partial charge in [-0.2, -0.15) is 0 Å². The van der Waals surface area contributed by atoms with Gasteiger partial charge in [-0.15, -0.1) is 0 Å². The molecule has 2 N–H and O–H groups in total. The smallest absolute Gasteiger partial charge is 0.339 e. The van der Waals surface area contributed by atoms with Crippen LogP contribution in [-0.4, -0.2) is 21.2 Å². The third kappa shape index (κ3) is 1.86. The highest BCUT2D eigenvalue weighted by Crippen LogP contribution is 2.24. The van der Waals surface area contributed by atoms with Gasteiger partial charge in [0, 0.05) is 11.8 Å². The van der Waals surface area contributed by atoms with Gasteiger partial charge in [0.2, 0.25) is 0 Å². The molecule has 1 aromatic carbocycles. The van der Waals surface area contributed by atoms with Gasteiger partial charge in [0.25, 0.3) is 0 Å². The van der Waals surface area contributed by atoms with Crippen molar-refractivity contribution >= 4 is 5.97 Å².